The molecule has 253 valence electrons. The van der Waals surface area contributed by atoms with E-state index in [1.807, 2.05) is 80.6 Å². The third-order valence-electron chi connectivity index (χ3n) is 8.38. The molecule has 0 unspecified atom stereocenters. The Labute approximate surface area is 316 Å². The largest absolute Gasteiger partial charge is 0.501 e. The van der Waals surface area contributed by atoms with Gasteiger partial charge in [0.05, 0.1) is 30.5 Å². The molecule has 0 aliphatic heterocycles. The fourth-order valence-electron chi connectivity index (χ4n) is 6.10. The topological polar surface area (TPSA) is 43.9 Å². The van der Waals surface area contributed by atoms with E-state index < -0.39 is 21.3 Å². The Morgan fingerprint density at radius 2 is 1.64 bits per heavy atom. The van der Waals surface area contributed by atoms with Gasteiger partial charge in [0.25, 0.3) is 0 Å². The molecule has 3 aromatic heterocycles. The molecule has 0 aliphatic rings. The van der Waals surface area contributed by atoms with Gasteiger partial charge in [0.15, 0.2) is 0 Å². The molecule has 8 rings (SSSR count). The SMILES string of the molecule is [2H]C([2H])([2H])c1c[c-]c(-c2cc(C([2H])([2H])C(C)C)c([Si](C)(C)C)cn2)cc1.[Ir].[c-]1ccc2c(oc3ccccc32)c1-c1nc2ccccc2n1-c1ccccc1. The zero-order valence-electron chi connectivity index (χ0n) is 33.7. The molecule has 50 heavy (non-hydrogen) atoms. The number of aryl methyl sites for hydroxylation is 1. The summed E-state index contributed by atoms with van der Waals surface area (Å²) in [5, 5.41) is 3.20. The fourth-order valence-corrected chi connectivity index (χ4v) is 7.51. The Balaban J connectivity index is 0.000000185. The van der Waals surface area contributed by atoms with Crippen LogP contribution in [0, 0.1) is 24.9 Å². The Kier molecular flexibility index (Phi) is 8.57. The summed E-state index contributed by atoms with van der Waals surface area (Å²) in [5.74, 6) is 0.659. The van der Waals surface area contributed by atoms with Crippen LogP contribution in [0.5, 0.6) is 0 Å². The molecule has 0 saturated carbocycles. The van der Waals surface area contributed by atoms with Gasteiger partial charge in [0, 0.05) is 44.2 Å². The van der Waals surface area contributed by atoms with Crippen LogP contribution in [0.15, 0.2) is 126 Å². The first-order valence-corrected chi connectivity index (χ1v) is 20.0. The first-order chi connectivity index (χ1) is 25.6. The number of furan rings is 1. The molecule has 3 heterocycles. The maximum Gasteiger partial charge on any atom is 0.120 e. The molecule has 0 aliphatic carbocycles. The van der Waals surface area contributed by atoms with Crippen LogP contribution in [0.3, 0.4) is 0 Å². The third-order valence-corrected chi connectivity index (χ3v) is 10.4. The van der Waals surface area contributed by atoms with Crippen LogP contribution >= 0.6 is 0 Å². The van der Waals surface area contributed by atoms with Crippen LogP contribution in [0.4, 0.5) is 0 Å². The summed E-state index contributed by atoms with van der Waals surface area (Å²) in [6, 6.07) is 43.5. The average molecular weight is 853 g/mol. The van der Waals surface area contributed by atoms with Gasteiger partial charge >= 0.3 is 0 Å². The number of nitrogens with zero attached hydrogens (tertiary/aromatic N) is 3. The monoisotopic (exact) mass is 853 g/mol. The number of para-hydroxylation sites is 4. The quantitative estimate of drug-likeness (QED) is 0.124. The summed E-state index contributed by atoms with van der Waals surface area (Å²) < 4.78 is 48.0. The molecule has 8 aromatic rings. The van der Waals surface area contributed by atoms with Gasteiger partial charge < -0.3 is 14.0 Å². The third kappa shape index (κ3) is 7.15. The second kappa shape index (κ2) is 14.7. The van der Waals surface area contributed by atoms with Crippen LogP contribution in [0.2, 0.25) is 19.6 Å². The van der Waals surface area contributed by atoms with Crippen molar-refractivity contribution in [1.82, 2.24) is 14.5 Å². The summed E-state index contributed by atoms with van der Waals surface area (Å²) in [5.41, 5.74) is 7.83. The van der Waals surface area contributed by atoms with Crippen molar-refractivity contribution in [1.29, 1.82) is 0 Å². The predicted octanol–water partition coefficient (Wildman–Crippen LogP) is 11.0. The first-order valence-electron chi connectivity index (χ1n) is 19.0. The molecule has 0 N–H and O–H groups in total. The Hall–Kier alpha value is -4.61. The number of hydrogen-bond acceptors (Lipinski definition) is 3. The van der Waals surface area contributed by atoms with Crippen LogP contribution in [0.25, 0.3) is 61.3 Å². The van der Waals surface area contributed by atoms with Gasteiger partial charge in [0.1, 0.15) is 5.58 Å². The van der Waals surface area contributed by atoms with Crippen molar-refractivity contribution in [2.45, 2.75) is 46.7 Å². The minimum atomic E-state index is -2.16. The second-order valence-corrected chi connectivity index (χ2v) is 18.5. The van der Waals surface area contributed by atoms with Crippen LogP contribution in [0.1, 0.15) is 31.8 Å². The number of rotatable bonds is 6. The minimum absolute atomic E-state index is 0. The zero-order valence-corrected chi connectivity index (χ0v) is 32.1. The average Bonchev–Trinajstić information content (AvgIpc) is 3.73. The fraction of sp³-hybridized carbons (Fsp3) is 0.182. The van der Waals surface area contributed by atoms with Crippen LogP contribution in [-0.4, -0.2) is 22.6 Å². The van der Waals surface area contributed by atoms with E-state index in [-0.39, 0.29) is 31.6 Å². The molecule has 1 radical (unpaired) electrons. The number of hydrogen-bond donors (Lipinski definition) is 0. The van der Waals surface area contributed by atoms with Gasteiger partial charge in [-0.15, -0.1) is 53.6 Å². The number of aromatic nitrogens is 3. The minimum Gasteiger partial charge on any atom is -0.501 e. The van der Waals surface area contributed by atoms with Crippen molar-refractivity contribution in [3.05, 3.63) is 145 Å². The first kappa shape index (κ1) is 29.1. The molecule has 0 amide bonds. The van der Waals surface area contributed by atoms with E-state index in [2.05, 4.69) is 71.7 Å². The van der Waals surface area contributed by atoms with E-state index >= 15 is 0 Å². The van der Waals surface area contributed by atoms with Crippen molar-refractivity contribution < 1.29 is 31.4 Å². The number of fused-ring (bicyclic) bond motifs is 4. The molecule has 0 spiro atoms. The van der Waals surface area contributed by atoms with Gasteiger partial charge in [-0.05, 0) is 53.5 Å². The molecule has 5 aromatic carbocycles. The van der Waals surface area contributed by atoms with Crippen molar-refractivity contribution >= 4 is 46.2 Å². The van der Waals surface area contributed by atoms with E-state index in [4.69, 9.17) is 16.3 Å². The van der Waals surface area contributed by atoms with Gasteiger partial charge in [-0.2, -0.15) is 0 Å². The standard InChI is InChI=1S/C25H15N2O.C19H26NSi.Ir/c1-2-9-17(10-3-1)27-22-15-6-5-14-21(22)26-25(27)20-13-8-12-19-18-11-4-7-16-23(18)28-24(19)20;1-14(2)11-17-12-18(16-9-7-15(3)8-10-16)20-13-19(17)21(4,5)6;/h1-12,14-16H;7-9,12-14H,11H2,1-6H3;/q2*-1;/i;3D3,11D2;. The molecule has 0 atom stereocenters. The number of pyridine rings is 1. The maximum absolute atomic E-state index is 8.59. The zero-order chi connectivity index (χ0) is 38.4. The van der Waals surface area contributed by atoms with Gasteiger partial charge in [-0.25, -0.2) is 0 Å². The molecule has 6 heteroatoms. The smallest absolute Gasteiger partial charge is 0.120 e. The summed E-state index contributed by atoms with van der Waals surface area (Å²) in [7, 11) is -1.78. The van der Waals surface area contributed by atoms with Crippen molar-refractivity contribution in [3.8, 4) is 28.3 Å². The molecule has 4 nitrogen and oxygen atoms in total. The van der Waals surface area contributed by atoms with Crippen molar-refractivity contribution in [2.24, 2.45) is 5.92 Å². The van der Waals surface area contributed by atoms with Crippen molar-refractivity contribution in [2.75, 3.05) is 0 Å². The summed E-state index contributed by atoms with van der Waals surface area (Å²) in [6.45, 7) is 8.14. The van der Waals surface area contributed by atoms with Crippen LogP contribution in [-0.2, 0) is 26.5 Å². The Morgan fingerprint density at radius 1 is 0.880 bits per heavy atom. The Bertz CT molecular complexity index is 2590. The summed E-state index contributed by atoms with van der Waals surface area (Å²) >= 11 is 0. The summed E-state index contributed by atoms with van der Waals surface area (Å²) in [6.07, 6.45) is 0.328. The molecule has 0 bridgehead atoms. The Morgan fingerprint density at radius 3 is 2.38 bits per heavy atom. The number of benzene rings is 5. The number of imidazole rings is 1. The van der Waals surface area contributed by atoms with E-state index in [1.54, 1.807) is 18.3 Å². The summed E-state index contributed by atoms with van der Waals surface area (Å²) in [4.78, 5) is 9.49. The van der Waals surface area contributed by atoms with E-state index in [0.29, 0.717) is 16.8 Å². The normalized spacial score (nSPS) is 13.5. The van der Waals surface area contributed by atoms with E-state index in [9.17, 15) is 0 Å². The van der Waals surface area contributed by atoms with E-state index in [0.717, 1.165) is 55.2 Å². The molecular weight excluding hydrogens is 807 g/mol. The van der Waals surface area contributed by atoms with E-state index in [1.165, 1.54) is 6.07 Å². The van der Waals surface area contributed by atoms with Gasteiger partial charge in [-0.3, -0.25) is 4.98 Å². The molecule has 0 saturated heterocycles. The van der Waals surface area contributed by atoms with Gasteiger partial charge in [-0.1, -0.05) is 111 Å². The predicted molar refractivity (Wildman–Crippen MR) is 207 cm³/mol. The van der Waals surface area contributed by atoms with Gasteiger partial charge in [0.2, 0.25) is 0 Å². The van der Waals surface area contributed by atoms with Crippen molar-refractivity contribution in [3.63, 3.8) is 0 Å². The molecule has 0 fully saturated rings. The maximum atomic E-state index is 8.59. The second-order valence-electron chi connectivity index (χ2n) is 13.4. The molecular formula is C44H41IrN3OSi-2. The van der Waals surface area contributed by atoms with Crippen LogP contribution < -0.4 is 5.19 Å².